The maximum atomic E-state index is 5.87. The van der Waals surface area contributed by atoms with E-state index in [1.54, 1.807) is 0 Å². The molecule has 0 spiro atoms. The van der Waals surface area contributed by atoms with E-state index in [9.17, 15) is 0 Å². The van der Waals surface area contributed by atoms with Gasteiger partial charge in [-0.25, -0.2) is 0 Å². The first-order chi connectivity index (χ1) is 7.83. The maximum absolute atomic E-state index is 5.87. The highest BCUT2D eigenvalue weighted by Crippen LogP contribution is 2.29. The molecule has 1 rings (SSSR count). The molecule has 2 atom stereocenters. The van der Waals surface area contributed by atoms with Gasteiger partial charge in [-0.3, -0.25) is 0 Å². The van der Waals surface area contributed by atoms with Gasteiger partial charge in [-0.15, -0.1) is 0 Å². The van der Waals surface area contributed by atoms with E-state index in [0.29, 0.717) is 0 Å². The van der Waals surface area contributed by atoms with E-state index in [1.807, 2.05) is 0 Å². The Balaban J connectivity index is 2.29. The lowest BCUT2D eigenvalue weighted by atomic mass is 10.0. The molecule has 0 saturated heterocycles. The molecule has 0 heterocycles. The van der Waals surface area contributed by atoms with Gasteiger partial charge in [0.05, 0.1) is 0 Å². The van der Waals surface area contributed by atoms with Crippen molar-refractivity contribution in [2.24, 2.45) is 11.7 Å². The third-order valence-electron chi connectivity index (χ3n) is 4.10. The van der Waals surface area contributed by atoms with Crippen molar-refractivity contribution < 1.29 is 0 Å². The average molecular weight is 226 g/mol. The van der Waals surface area contributed by atoms with Crippen molar-refractivity contribution >= 4 is 0 Å². The van der Waals surface area contributed by atoms with Gasteiger partial charge in [-0.05, 0) is 44.8 Å². The van der Waals surface area contributed by atoms with Gasteiger partial charge in [0.15, 0.2) is 0 Å². The monoisotopic (exact) mass is 226 g/mol. The van der Waals surface area contributed by atoms with E-state index < -0.39 is 0 Å². The Morgan fingerprint density at radius 3 is 2.56 bits per heavy atom. The van der Waals surface area contributed by atoms with Crippen LogP contribution < -0.4 is 5.73 Å². The smallest absolute Gasteiger partial charge is 0.0135 e. The van der Waals surface area contributed by atoms with E-state index in [1.165, 1.54) is 58.0 Å². The highest BCUT2D eigenvalue weighted by Gasteiger charge is 2.29. The van der Waals surface area contributed by atoms with Gasteiger partial charge in [0.1, 0.15) is 0 Å². The number of hydrogen-bond donors (Lipinski definition) is 1. The van der Waals surface area contributed by atoms with E-state index in [4.69, 9.17) is 5.73 Å². The molecule has 0 radical (unpaired) electrons. The summed E-state index contributed by atoms with van der Waals surface area (Å²) in [6.45, 7) is 7.95. The summed E-state index contributed by atoms with van der Waals surface area (Å²) in [5, 5.41) is 0. The van der Waals surface area contributed by atoms with Gasteiger partial charge in [-0.1, -0.05) is 39.5 Å². The molecule has 1 fully saturated rings. The van der Waals surface area contributed by atoms with Crippen LogP contribution in [0.4, 0.5) is 0 Å². The average Bonchev–Trinajstić information content (AvgIpc) is 2.77. The first kappa shape index (κ1) is 14.0. The molecule has 0 amide bonds. The summed E-state index contributed by atoms with van der Waals surface area (Å²) in [6.07, 6.45) is 9.61. The molecule has 16 heavy (non-hydrogen) atoms. The fourth-order valence-corrected chi connectivity index (χ4v) is 3.07. The number of hydrogen-bond acceptors (Lipinski definition) is 2. The van der Waals surface area contributed by atoms with Gasteiger partial charge in [-0.2, -0.15) is 0 Å². The Bertz CT molecular complexity index is 170. The largest absolute Gasteiger partial charge is 0.330 e. The van der Waals surface area contributed by atoms with E-state index >= 15 is 0 Å². The summed E-state index contributed by atoms with van der Waals surface area (Å²) in [4.78, 5) is 2.68. The van der Waals surface area contributed by atoms with Crippen LogP contribution >= 0.6 is 0 Å². The second kappa shape index (κ2) is 8.08. The van der Waals surface area contributed by atoms with Gasteiger partial charge in [0, 0.05) is 6.04 Å². The van der Waals surface area contributed by atoms with E-state index in [-0.39, 0.29) is 0 Å². The standard InChI is InChI=1S/C14H30N2/c1-3-5-6-7-11-16(4-2)14-10-8-9-13(14)12-15/h13-14H,3-12,15H2,1-2H3. The predicted octanol–water partition coefficient (Wildman–Crippen LogP) is 3.02. The molecule has 0 aromatic heterocycles. The molecule has 0 aromatic carbocycles. The minimum Gasteiger partial charge on any atom is -0.330 e. The zero-order valence-electron chi connectivity index (χ0n) is 11.3. The molecule has 2 nitrogen and oxygen atoms in total. The van der Waals surface area contributed by atoms with Gasteiger partial charge in [0.2, 0.25) is 0 Å². The molecule has 2 heteroatoms. The van der Waals surface area contributed by atoms with Crippen LogP contribution in [0.2, 0.25) is 0 Å². The normalized spacial score (nSPS) is 25.5. The maximum Gasteiger partial charge on any atom is 0.0135 e. The molecule has 2 unspecified atom stereocenters. The van der Waals surface area contributed by atoms with Crippen molar-refractivity contribution in [1.82, 2.24) is 4.90 Å². The van der Waals surface area contributed by atoms with Crippen molar-refractivity contribution in [2.75, 3.05) is 19.6 Å². The lowest BCUT2D eigenvalue weighted by Crippen LogP contribution is -2.40. The number of nitrogens with zero attached hydrogens (tertiary/aromatic N) is 1. The second-order valence-corrected chi connectivity index (χ2v) is 5.18. The predicted molar refractivity (Wildman–Crippen MR) is 71.6 cm³/mol. The molecule has 1 saturated carbocycles. The van der Waals surface area contributed by atoms with Crippen LogP contribution in [0.5, 0.6) is 0 Å². The highest BCUT2D eigenvalue weighted by atomic mass is 15.2. The summed E-state index contributed by atoms with van der Waals surface area (Å²) in [5.74, 6) is 0.770. The van der Waals surface area contributed by atoms with Crippen molar-refractivity contribution in [3.05, 3.63) is 0 Å². The fraction of sp³-hybridized carbons (Fsp3) is 1.00. The number of unbranched alkanes of at least 4 members (excludes halogenated alkanes) is 3. The SMILES string of the molecule is CCCCCCN(CC)C1CCCC1CN. The number of nitrogens with two attached hydrogens (primary N) is 1. The molecule has 1 aliphatic rings. The summed E-state index contributed by atoms with van der Waals surface area (Å²) >= 11 is 0. The van der Waals surface area contributed by atoms with Crippen molar-refractivity contribution in [1.29, 1.82) is 0 Å². The highest BCUT2D eigenvalue weighted by molar-refractivity contribution is 4.85. The Morgan fingerprint density at radius 1 is 1.12 bits per heavy atom. The van der Waals surface area contributed by atoms with Crippen LogP contribution in [0.3, 0.4) is 0 Å². The van der Waals surface area contributed by atoms with Crippen LogP contribution in [-0.2, 0) is 0 Å². The van der Waals surface area contributed by atoms with Crippen molar-refractivity contribution in [2.45, 2.75) is 64.8 Å². The Labute approximate surface area is 102 Å². The Morgan fingerprint density at radius 2 is 1.94 bits per heavy atom. The summed E-state index contributed by atoms with van der Waals surface area (Å²) in [5.41, 5.74) is 5.87. The molecular formula is C14H30N2. The Kier molecular flexibility index (Phi) is 7.06. The Hall–Kier alpha value is -0.0800. The minimum atomic E-state index is 0.770. The lowest BCUT2D eigenvalue weighted by Gasteiger charge is -2.31. The molecule has 0 aliphatic heterocycles. The van der Waals surface area contributed by atoms with Crippen LogP contribution in [0.25, 0.3) is 0 Å². The van der Waals surface area contributed by atoms with E-state index in [2.05, 4.69) is 18.7 Å². The summed E-state index contributed by atoms with van der Waals surface area (Å²) in [6, 6.07) is 0.789. The zero-order chi connectivity index (χ0) is 11.8. The topological polar surface area (TPSA) is 29.3 Å². The van der Waals surface area contributed by atoms with Crippen LogP contribution in [0.15, 0.2) is 0 Å². The second-order valence-electron chi connectivity index (χ2n) is 5.18. The van der Waals surface area contributed by atoms with Crippen molar-refractivity contribution in [3.63, 3.8) is 0 Å². The quantitative estimate of drug-likeness (QED) is 0.645. The third-order valence-corrected chi connectivity index (χ3v) is 4.10. The summed E-state index contributed by atoms with van der Waals surface area (Å²) in [7, 11) is 0. The van der Waals surface area contributed by atoms with Gasteiger partial charge >= 0.3 is 0 Å². The van der Waals surface area contributed by atoms with E-state index in [0.717, 1.165) is 18.5 Å². The van der Waals surface area contributed by atoms with Crippen LogP contribution in [-0.4, -0.2) is 30.6 Å². The van der Waals surface area contributed by atoms with Gasteiger partial charge < -0.3 is 10.6 Å². The first-order valence-electron chi connectivity index (χ1n) is 7.27. The fourth-order valence-electron chi connectivity index (χ4n) is 3.07. The summed E-state index contributed by atoms with van der Waals surface area (Å²) < 4.78 is 0. The molecular weight excluding hydrogens is 196 g/mol. The zero-order valence-corrected chi connectivity index (χ0v) is 11.3. The molecule has 1 aliphatic carbocycles. The molecule has 0 aromatic rings. The molecule has 0 bridgehead atoms. The van der Waals surface area contributed by atoms with Crippen LogP contribution in [0, 0.1) is 5.92 Å². The molecule has 2 N–H and O–H groups in total. The van der Waals surface area contributed by atoms with Crippen molar-refractivity contribution in [3.8, 4) is 0 Å². The number of rotatable bonds is 8. The third kappa shape index (κ3) is 4.06. The first-order valence-corrected chi connectivity index (χ1v) is 7.27. The van der Waals surface area contributed by atoms with Crippen LogP contribution in [0.1, 0.15) is 58.8 Å². The molecule has 96 valence electrons. The minimum absolute atomic E-state index is 0.770. The lowest BCUT2D eigenvalue weighted by molar-refractivity contribution is 0.167. The van der Waals surface area contributed by atoms with Gasteiger partial charge in [0.25, 0.3) is 0 Å².